The molecule has 0 fully saturated rings. The van der Waals surface area contributed by atoms with Gasteiger partial charge in [-0.2, -0.15) is 0 Å². The molecule has 1 atom stereocenters. The van der Waals surface area contributed by atoms with Gasteiger partial charge in [-0.3, -0.25) is 10.7 Å². The van der Waals surface area contributed by atoms with Crippen molar-refractivity contribution in [2.45, 2.75) is 40.0 Å². The van der Waals surface area contributed by atoms with Gasteiger partial charge in [0, 0.05) is 6.07 Å². The van der Waals surface area contributed by atoms with Crippen LogP contribution in [0.25, 0.3) is 0 Å². The number of rotatable bonds is 9. The van der Waals surface area contributed by atoms with Crippen LogP contribution < -0.4 is 10.2 Å². The molecule has 0 aliphatic heterocycles. The molecule has 2 N–H and O–H groups in total. The lowest BCUT2D eigenvalue weighted by Gasteiger charge is -2.11. The smallest absolute Gasteiger partial charge is 0.213 e. The first-order chi connectivity index (χ1) is 10.1. The highest BCUT2D eigenvalue weighted by Crippen LogP contribution is 2.16. The first kappa shape index (κ1) is 17.2. The summed E-state index contributed by atoms with van der Waals surface area (Å²) >= 11 is 0. The number of hydroxylamine groups is 1. The van der Waals surface area contributed by atoms with E-state index >= 15 is 0 Å². The zero-order chi connectivity index (χ0) is 15.5. The van der Waals surface area contributed by atoms with E-state index in [0.717, 1.165) is 12.8 Å². The first-order valence-corrected chi connectivity index (χ1v) is 7.26. The van der Waals surface area contributed by atoms with Gasteiger partial charge in [0.25, 0.3) is 0 Å². The lowest BCUT2D eigenvalue weighted by Crippen LogP contribution is -2.05. The van der Waals surface area contributed by atoms with Gasteiger partial charge in [-0.15, -0.1) is 0 Å². The van der Waals surface area contributed by atoms with E-state index in [0.29, 0.717) is 24.1 Å². The van der Waals surface area contributed by atoms with Crippen molar-refractivity contribution >= 4 is 12.0 Å². The lowest BCUT2D eigenvalue weighted by molar-refractivity contribution is 0.240. The van der Waals surface area contributed by atoms with Crippen LogP contribution in [0.1, 0.15) is 40.0 Å². The molecule has 0 spiro atoms. The highest BCUT2D eigenvalue weighted by Gasteiger charge is 2.02. The maximum atomic E-state index is 8.39. The summed E-state index contributed by atoms with van der Waals surface area (Å²) in [6.45, 7) is 7.17. The molecular weight excluding hydrogens is 266 g/mol. The van der Waals surface area contributed by atoms with E-state index in [9.17, 15) is 0 Å². The summed E-state index contributed by atoms with van der Waals surface area (Å²) in [7, 11) is 0. The summed E-state index contributed by atoms with van der Waals surface area (Å²) in [5, 5.41) is 8.39. The molecule has 0 saturated carbocycles. The number of hydrogen-bond acceptors (Lipinski definition) is 4. The number of aromatic nitrogens is 1. The Balaban J connectivity index is 2.25. The molecule has 1 unspecified atom stereocenters. The van der Waals surface area contributed by atoms with Crippen LogP contribution in [0.2, 0.25) is 0 Å². The molecule has 0 amide bonds. The maximum Gasteiger partial charge on any atom is 0.213 e. The number of ether oxygens (including phenoxy) is 1. The van der Waals surface area contributed by atoms with Crippen molar-refractivity contribution < 1.29 is 9.94 Å². The third kappa shape index (κ3) is 8.09. The molecule has 0 aliphatic carbocycles. The van der Waals surface area contributed by atoms with Crippen LogP contribution in [0.5, 0.6) is 5.88 Å². The van der Waals surface area contributed by atoms with Crippen LogP contribution in [0.4, 0.5) is 5.69 Å². The molecule has 0 radical (unpaired) electrons. The average Bonchev–Trinajstić information content (AvgIpc) is 2.46. The fraction of sp³-hybridized carbons (Fsp3) is 0.500. The predicted octanol–water partition coefficient (Wildman–Crippen LogP) is 3.87. The molecule has 1 aromatic rings. The summed E-state index contributed by atoms with van der Waals surface area (Å²) in [5.74, 6) is 1.24. The summed E-state index contributed by atoms with van der Waals surface area (Å²) in [6, 6.07) is 3.56. The Kier molecular flexibility index (Phi) is 8.12. The molecular formula is C16H25N3O2. The summed E-state index contributed by atoms with van der Waals surface area (Å²) < 4.78 is 5.62. The van der Waals surface area contributed by atoms with Crippen LogP contribution in [0.15, 0.2) is 35.0 Å². The number of pyridine rings is 1. The Bertz CT molecular complexity index is 451. The maximum absolute atomic E-state index is 8.39. The average molecular weight is 291 g/mol. The number of allylic oxidation sites excluding steroid dienone is 2. The van der Waals surface area contributed by atoms with E-state index in [1.165, 1.54) is 18.3 Å². The normalized spacial score (nSPS) is 12.2. The molecule has 5 nitrogen and oxygen atoms in total. The molecule has 1 heterocycles. The molecule has 1 aromatic heterocycles. The summed E-state index contributed by atoms with van der Waals surface area (Å²) in [5.41, 5.74) is 3.87. The van der Waals surface area contributed by atoms with Crippen LogP contribution in [0, 0.1) is 5.92 Å². The van der Waals surface area contributed by atoms with Crippen molar-refractivity contribution in [3.63, 3.8) is 0 Å². The molecule has 116 valence electrons. The zero-order valence-corrected chi connectivity index (χ0v) is 13.0. The molecule has 0 aromatic carbocycles. The predicted molar refractivity (Wildman–Crippen MR) is 85.3 cm³/mol. The Morgan fingerprint density at radius 1 is 1.43 bits per heavy atom. The third-order valence-corrected chi connectivity index (χ3v) is 3.06. The van der Waals surface area contributed by atoms with Crippen molar-refractivity contribution in [2.24, 2.45) is 10.9 Å². The lowest BCUT2D eigenvalue weighted by atomic mass is 10.0. The minimum Gasteiger partial charge on any atom is -0.478 e. The fourth-order valence-corrected chi connectivity index (χ4v) is 1.80. The summed E-state index contributed by atoms with van der Waals surface area (Å²) in [6.07, 6.45) is 8.40. The number of nitrogens with one attached hydrogen (secondary N) is 1. The Labute approximate surface area is 126 Å². The highest BCUT2D eigenvalue weighted by molar-refractivity contribution is 5.59. The quantitative estimate of drug-likeness (QED) is 0.314. The van der Waals surface area contributed by atoms with Crippen LogP contribution in [0.3, 0.4) is 0 Å². The standard InChI is InChI=1S/C16H25N3O2/c1-13(2)5-4-6-14(3)9-10-21-16-8-7-15(11-17-16)18-12-19-20/h5,7-8,11-12,14,20H,4,6,9-10H2,1-3H3,(H,18,19). The van der Waals surface area contributed by atoms with Crippen molar-refractivity contribution in [1.82, 2.24) is 10.5 Å². The van der Waals surface area contributed by atoms with Crippen molar-refractivity contribution in [3.8, 4) is 5.88 Å². The van der Waals surface area contributed by atoms with E-state index in [2.05, 4.69) is 36.8 Å². The van der Waals surface area contributed by atoms with E-state index in [4.69, 9.17) is 9.94 Å². The molecule has 1 rings (SSSR count). The second-order valence-electron chi connectivity index (χ2n) is 5.34. The molecule has 21 heavy (non-hydrogen) atoms. The van der Waals surface area contributed by atoms with Gasteiger partial charge in [0.05, 0.1) is 18.5 Å². The zero-order valence-electron chi connectivity index (χ0n) is 13.0. The minimum absolute atomic E-state index is 0.599. The Morgan fingerprint density at radius 2 is 2.24 bits per heavy atom. The van der Waals surface area contributed by atoms with E-state index in [-0.39, 0.29) is 0 Å². The second-order valence-corrected chi connectivity index (χ2v) is 5.34. The Morgan fingerprint density at radius 3 is 2.86 bits per heavy atom. The Hall–Kier alpha value is -1.88. The number of aliphatic imine (C=N–C) groups is 1. The monoisotopic (exact) mass is 291 g/mol. The van der Waals surface area contributed by atoms with Crippen LogP contribution in [-0.4, -0.2) is 23.1 Å². The van der Waals surface area contributed by atoms with Crippen molar-refractivity contribution in [2.75, 3.05) is 6.61 Å². The van der Waals surface area contributed by atoms with Gasteiger partial charge in [-0.05, 0) is 45.1 Å². The largest absolute Gasteiger partial charge is 0.478 e. The minimum atomic E-state index is 0.599. The van der Waals surface area contributed by atoms with Gasteiger partial charge >= 0.3 is 0 Å². The molecule has 0 saturated heterocycles. The van der Waals surface area contributed by atoms with Crippen LogP contribution in [-0.2, 0) is 0 Å². The fourth-order valence-electron chi connectivity index (χ4n) is 1.80. The van der Waals surface area contributed by atoms with Gasteiger partial charge in [0.15, 0.2) is 0 Å². The van der Waals surface area contributed by atoms with Gasteiger partial charge in [0.1, 0.15) is 6.34 Å². The summed E-state index contributed by atoms with van der Waals surface area (Å²) in [4.78, 5) is 8.07. The van der Waals surface area contributed by atoms with Crippen LogP contribution >= 0.6 is 0 Å². The van der Waals surface area contributed by atoms with Gasteiger partial charge in [-0.1, -0.05) is 18.6 Å². The molecule has 5 heteroatoms. The van der Waals surface area contributed by atoms with Gasteiger partial charge in [-0.25, -0.2) is 9.98 Å². The SMILES string of the molecule is CC(C)=CCCC(C)CCOc1ccc(N=CNO)cn1. The number of nitrogens with zero attached hydrogens (tertiary/aromatic N) is 2. The van der Waals surface area contributed by atoms with Crippen molar-refractivity contribution in [3.05, 3.63) is 30.0 Å². The third-order valence-electron chi connectivity index (χ3n) is 3.06. The first-order valence-electron chi connectivity index (χ1n) is 7.26. The molecule has 0 bridgehead atoms. The number of hydrogen-bond donors (Lipinski definition) is 2. The van der Waals surface area contributed by atoms with E-state index in [1.54, 1.807) is 18.3 Å². The van der Waals surface area contributed by atoms with Crippen molar-refractivity contribution in [1.29, 1.82) is 0 Å². The topological polar surface area (TPSA) is 66.7 Å². The van der Waals surface area contributed by atoms with Gasteiger partial charge < -0.3 is 4.74 Å². The second kappa shape index (κ2) is 9.94. The van der Waals surface area contributed by atoms with E-state index in [1.807, 2.05) is 5.48 Å². The highest BCUT2D eigenvalue weighted by atomic mass is 16.5. The van der Waals surface area contributed by atoms with Gasteiger partial charge in [0.2, 0.25) is 5.88 Å². The molecule has 0 aliphatic rings. The van der Waals surface area contributed by atoms with E-state index < -0.39 is 0 Å².